The molecule has 0 amide bonds. The molecule has 0 unspecified atom stereocenters. The maximum atomic E-state index is 5.83. The molecule has 104 valence electrons. The van der Waals surface area contributed by atoms with Crippen LogP contribution < -0.4 is 15.8 Å². The van der Waals surface area contributed by atoms with E-state index in [4.69, 9.17) is 5.84 Å². The summed E-state index contributed by atoms with van der Waals surface area (Å²) < 4.78 is 1.82. The van der Waals surface area contributed by atoms with Gasteiger partial charge in [0.1, 0.15) is 5.52 Å². The Hall–Kier alpha value is -1.82. The van der Waals surface area contributed by atoms with Crippen LogP contribution in [0.4, 0.5) is 11.8 Å². The van der Waals surface area contributed by atoms with Crippen molar-refractivity contribution in [3.63, 3.8) is 0 Å². The lowest BCUT2D eigenvalue weighted by Gasteiger charge is -2.19. The quantitative estimate of drug-likeness (QED) is 0.668. The smallest absolute Gasteiger partial charge is 0.245 e. The molecule has 0 radical (unpaired) electrons. The molecule has 0 bridgehead atoms. The van der Waals surface area contributed by atoms with E-state index in [9.17, 15) is 0 Å². The van der Waals surface area contributed by atoms with E-state index in [2.05, 4.69) is 15.0 Å². The Bertz CT molecular complexity index is 557. The summed E-state index contributed by atoms with van der Waals surface area (Å²) in [5.74, 6) is 8.10. The molecule has 0 saturated heterocycles. The van der Waals surface area contributed by atoms with Gasteiger partial charge in [-0.25, -0.2) is 10.4 Å². The van der Waals surface area contributed by atoms with E-state index in [1.165, 1.54) is 17.9 Å². The number of rotatable bonds is 4. The Kier molecular flexibility index (Phi) is 3.61. The zero-order valence-electron chi connectivity index (χ0n) is 10.7. The zero-order valence-corrected chi connectivity index (χ0v) is 10.7. The predicted molar refractivity (Wildman–Crippen MR) is 78.3 cm³/mol. The molecule has 2 N–H and O–H groups in total. The molecule has 3 rings (SSSR count). The van der Waals surface area contributed by atoms with Gasteiger partial charge in [0.05, 0.1) is 0 Å². The van der Waals surface area contributed by atoms with E-state index in [0.29, 0.717) is 0 Å². The lowest BCUT2D eigenvalue weighted by Crippen LogP contribution is -2.29. The molecule has 19 heavy (non-hydrogen) atoms. The molecule has 1 aliphatic carbocycles. The lowest BCUT2D eigenvalue weighted by molar-refractivity contribution is 0.741. The minimum absolute atomic E-state index is 0. The number of nitrogens with two attached hydrogens (primary N) is 1. The minimum atomic E-state index is 0. The summed E-state index contributed by atoms with van der Waals surface area (Å²) in [6.07, 6.45) is 4.55. The third kappa shape index (κ3) is 2.63. The van der Waals surface area contributed by atoms with E-state index in [0.717, 1.165) is 29.7 Å². The van der Waals surface area contributed by atoms with Gasteiger partial charge in [-0.3, -0.25) is 5.01 Å². The van der Waals surface area contributed by atoms with Crippen LogP contribution in [0.1, 0.15) is 20.3 Å². The van der Waals surface area contributed by atoms with Crippen LogP contribution in [-0.4, -0.2) is 35.2 Å². The topological polar surface area (TPSA) is 62.7 Å². The summed E-state index contributed by atoms with van der Waals surface area (Å²) in [5, 5.41) is 6.04. The first-order valence-electron chi connectivity index (χ1n) is 6.20. The fourth-order valence-electron chi connectivity index (χ4n) is 2.10. The summed E-state index contributed by atoms with van der Waals surface area (Å²) in [4.78, 5) is 6.65. The summed E-state index contributed by atoms with van der Waals surface area (Å²) in [6, 6.07) is 3.91. The minimum Gasteiger partial charge on any atom is -0.342 e. The van der Waals surface area contributed by atoms with Crippen LogP contribution in [0.25, 0.3) is 5.52 Å². The highest BCUT2D eigenvalue weighted by molar-refractivity contribution is 5.69. The van der Waals surface area contributed by atoms with Crippen LogP contribution in [0.5, 0.6) is 0 Å². The van der Waals surface area contributed by atoms with Crippen molar-refractivity contribution < 1.29 is 0 Å². The average molecular weight is 262 g/mol. The first-order chi connectivity index (χ1) is 8.65. The van der Waals surface area contributed by atoms with E-state index in [-0.39, 0.29) is 7.43 Å². The Morgan fingerprint density at radius 2 is 2.16 bits per heavy atom. The van der Waals surface area contributed by atoms with Gasteiger partial charge in [0.2, 0.25) is 5.95 Å². The summed E-state index contributed by atoms with van der Waals surface area (Å²) in [6.45, 7) is 1.01. The van der Waals surface area contributed by atoms with Crippen LogP contribution in [-0.2, 0) is 0 Å². The number of nitrogens with zero attached hydrogens (tertiary/aromatic N) is 5. The Morgan fingerprint density at radius 3 is 2.79 bits per heavy atom. The van der Waals surface area contributed by atoms with Gasteiger partial charge in [0, 0.05) is 26.8 Å². The summed E-state index contributed by atoms with van der Waals surface area (Å²) >= 11 is 0. The highest BCUT2D eigenvalue weighted by Gasteiger charge is 2.24. The second-order valence-electron chi connectivity index (χ2n) is 5.01. The monoisotopic (exact) mass is 262 g/mol. The van der Waals surface area contributed by atoms with Crippen molar-refractivity contribution in [2.24, 2.45) is 11.8 Å². The van der Waals surface area contributed by atoms with Crippen LogP contribution >= 0.6 is 0 Å². The Labute approximate surface area is 113 Å². The number of hydrazine groups is 1. The van der Waals surface area contributed by atoms with Crippen molar-refractivity contribution in [2.75, 3.05) is 30.5 Å². The maximum absolute atomic E-state index is 5.83. The van der Waals surface area contributed by atoms with Crippen LogP contribution in [0.15, 0.2) is 18.3 Å². The third-order valence-corrected chi connectivity index (χ3v) is 3.26. The second kappa shape index (κ2) is 5.05. The Balaban J connectivity index is 0.00000133. The van der Waals surface area contributed by atoms with Crippen LogP contribution in [0.2, 0.25) is 0 Å². The molecule has 6 nitrogen and oxygen atoms in total. The lowest BCUT2D eigenvalue weighted by atomic mass is 10.4. The normalized spacial score (nSPS) is 14.3. The van der Waals surface area contributed by atoms with Crippen molar-refractivity contribution in [3.05, 3.63) is 18.3 Å². The van der Waals surface area contributed by atoms with E-state index in [1.54, 1.807) is 7.05 Å². The highest BCUT2D eigenvalue weighted by atomic mass is 15.5. The summed E-state index contributed by atoms with van der Waals surface area (Å²) in [5.41, 5.74) is 0.920. The zero-order chi connectivity index (χ0) is 12.7. The van der Waals surface area contributed by atoms with Crippen LogP contribution in [0.3, 0.4) is 0 Å². The van der Waals surface area contributed by atoms with Crippen molar-refractivity contribution in [3.8, 4) is 0 Å². The molecule has 0 aromatic carbocycles. The predicted octanol–water partition coefficient (Wildman–Crippen LogP) is 1.52. The van der Waals surface area contributed by atoms with E-state index in [1.807, 2.05) is 29.9 Å². The van der Waals surface area contributed by atoms with Gasteiger partial charge >= 0.3 is 0 Å². The molecular weight excluding hydrogens is 240 g/mol. The molecule has 1 fully saturated rings. The molecule has 6 heteroatoms. The average Bonchev–Trinajstić information content (AvgIpc) is 3.02. The third-order valence-electron chi connectivity index (χ3n) is 3.26. The first-order valence-corrected chi connectivity index (χ1v) is 6.20. The summed E-state index contributed by atoms with van der Waals surface area (Å²) in [7, 11) is 3.82. The van der Waals surface area contributed by atoms with Gasteiger partial charge in [-0.1, -0.05) is 7.43 Å². The number of fused-ring (bicyclic) bond motifs is 1. The molecule has 0 aliphatic heterocycles. The van der Waals surface area contributed by atoms with Gasteiger partial charge in [-0.15, -0.1) is 5.10 Å². The molecule has 2 aromatic heterocycles. The first kappa shape index (κ1) is 13.6. The van der Waals surface area contributed by atoms with Crippen molar-refractivity contribution in [2.45, 2.75) is 20.3 Å². The number of aromatic nitrogens is 3. The van der Waals surface area contributed by atoms with Crippen molar-refractivity contribution in [1.82, 2.24) is 14.6 Å². The van der Waals surface area contributed by atoms with Gasteiger partial charge in [0.15, 0.2) is 5.82 Å². The molecule has 2 aromatic rings. The molecule has 0 atom stereocenters. The van der Waals surface area contributed by atoms with E-state index < -0.39 is 0 Å². The van der Waals surface area contributed by atoms with Gasteiger partial charge in [-0.05, 0) is 30.9 Å². The molecule has 2 heterocycles. The molecule has 0 spiro atoms. The largest absolute Gasteiger partial charge is 0.342 e. The van der Waals surface area contributed by atoms with Crippen LogP contribution in [0, 0.1) is 5.92 Å². The standard InChI is InChI=1S/C12H18N6.CH4/c1-16(8-9-5-6-9)12-14-11(17(2)13)10-4-3-7-18(10)15-12;/h3-4,7,9H,5-6,8,13H2,1-2H3;1H4. The number of hydrogen-bond donors (Lipinski definition) is 1. The maximum Gasteiger partial charge on any atom is 0.245 e. The van der Waals surface area contributed by atoms with Gasteiger partial charge in [0.25, 0.3) is 0 Å². The van der Waals surface area contributed by atoms with E-state index >= 15 is 0 Å². The molecular formula is C13H22N6. The second-order valence-corrected chi connectivity index (χ2v) is 5.01. The van der Waals surface area contributed by atoms with Gasteiger partial charge < -0.3 is 4.90 Å². The van der Waals surface area contributed by atoms with Crippen molar-refractivity contribution >= 4 is 17.3 Å². The Morgan fingerprint density at radius 1 is 1.42 bits per heavy atom. The molecule has 1 saturated carbocycles. The van der Waals surface area contributed by atoms with Gasteiger partial charge in [-0.2, -0.15) is 4.98 Å². The fraction of sp³-hybridized carbons (Fsp3) is 0.538. The highest BCUT2D eigenvalue weighted by Crippen LogP contribution is 2.30. The number of anilines is 2. The SMILES string of the molecule is C.CN(N)c1nc(N(C)CC2CC2)nn2cccc12. The number of hydrogen-bond acceptors (Lipinski definition) is 5. The fourth-order valence-corrected chi connectivity index (χ4v) is 2.10. The molecule has 1 aliphatic rings. The van der Waals surface area contributed by atoms with Crippen molar-refractivity contribution in [1.29, 1.82) is 0 Å².